The molecule has 2 aliphatic rings. The third-order valence-electron chi connectivity index (χ3n) is 3.08. The number of rotatable bonds is 6. The normalized spacial score (nSPS) is 18.7. The maximum Gasteiger partial charge on any atom is 0.399 e. The molecule has 2 aliphatic carbocycles. The summed E-state index contributed by atoms with van der Waals surface area (Å²) >= 11 is 0. The van der Waals surface area contributed by atoms with Gasteiger partial charge in [-0.25, -0.2) is 0 Å². The molecule has 0 atom stereocenters. The van der Waals surface area contributed by atoms with E-state index in [1.807, 2.05) is 13.8 Å². The third kappa shape index (κ3) is 2.36. The second kappa shape index (κ2) is 5.62. The van der Waals surface area contributed by atoms with Crippen molar-refractivity contribution in [2.75, 3.05) is 13.2 Å². The first-order chi connectivity index (χ1) is 8.33. The van der Waals surface area contributed by atoms with Gasteiger partial charge in [-0.05, 0) is 37.1 Å². The van der Waals surface area contributed by atoms with Crippen LogP contribution in [-0.2, 0) is 8.85 Å². The van der Waals surface area contributed by atoms with E-state index in [9.17, 15) is 0 Å². The smallest absolute Gasteiger partial charge is 0.388 e. The van der Waals surface area contributed by atoms with E-state index in [2.05, 4.69) is 36.5 Å². The Morgan fingerprint density at radius 2 is 1.41 bits per heavy atom. The molecule has 17 heavy (non-hydrogen) atoms. The highest BCUT2D eigenvalue weighted by molar-refractivity contribution is 6.82. The van der Waals surface area contributed by atoms with Crippen LogP contribution in [0.2, 0.25) is 0 Å². The van der Waals surface area contributed by atoms with Gasteiger partial charge in [-0.15, -0.1) is 0 Å². The van der Waals surface area contributed by atoms with Crippen LogP contribution in [0.1, 0.15) is 26.7 Å². The SMILES string of the molecule is CCO[Si](OCC)(C1=CC=CC1)C1=CC=CC1. The summed E-state index contributed by atoms with van der Waals surface area (Å²) in [5, 5.41) is 2.69. The molecule has 0 unspecified atom stereocenters. The predicted octanol–water partition coefficient (Wildman–Crippen LogP) is 3.35. The summed E-state index contributed by atoms with van der Waals surface area (Å²) in [4.78, 5) is 0. The Bertz CT molecular complexity index is 353. The molecule has 2 nitrogen and oxygen atoms in total. The minimum atomic E-state index is -2.33. The number of hydrogen-bond acceptors (Lipinski definition) is 2. The Morgan fingerprint density at radius 3 is 1.71 bits per heavy atom. The van der Waals surface area contributed by atoms with Gasteiger partial charge >= 0.3 is 8.56 Å². The van der Waals surface area contributed by atoms with E-state index in [1.54, 1.807) is 0 Å². The topological polar surface area (TPSA) is 18.5 Å². The van der Waals surface area contributed by atoms with Crippen molar-refractivity contribution < 1.29 is 8.85 Å². The maximum absolute atomic E-state index is 6.14. The van der Waals surface area contributed by atoms with Gasteiger partial charge in [-0.2, -0.15) is 0 Å². The number of hydrogen-bond donors (Lipinski definition) is 0. The van der Waals surface area contributed by atoms with Crippen LogP contribution in [0.15, 0.2) is 46.8 Å². The van der Waals surface area contributed by atoms with E-state index >= 15 is 0 Å². The summed E-state index contributed by atoms with van der Waals surface area (Å²) in [6.45, 7) is 5.51. The highest BCUT2D eigenvalue weighted by atomic mass is 28.4. The molecule has 92 valence electrons. The summed E-state index contributed by atoms with van der Waals surface area (Å²) in [6.07, 6.45) is 14.9. The lowest BCUT2D eigenvalue weighted by molar-refractivity contribution is 0.199. The van der Waals surface area contributed by atoms with Gasteiger partial charge in [0.25, 0.3) is 0 Å². The molecule has 3 heteroatoms. The molecule has 0 saturated heterocycles. The van der Waals surface area contributed by atoms with Crippen molar-refractivity contribution in [3.63, 3.8) is 0 Å². The van der Waals surface area contributed by atoms with E-state index in [4.69, 9.17) is 8.85 Å². The average Bonchev–Trinajstić information content (AvgIpc) is 3.02. The van der Waals surface area contributed by atoms with Gasteiger partial charge < -0.3 is 8.85 Å². The van der Waals surface area contributed by atoms with Gasteiger partial charge in [0.1, 0.15) is 0 Å². The van der Waals surface area contributed by atoms with Crippen molar-refractivity contribution in [3.8, 4) is 0 Å². The van der Waals surface area contributed by atoms with Gasteiger partial charge in [0.15, 0.2) is 0 Å². The minimum absolute atomic E-state index is 0.709. The largest absolute Gasteiger partial charge is 0.399 e. The van der Waals surface area contributed by atoms with Crippen LogP contribution in [0.3, 0.4) is 0 Å². The van der Waals surface area contributed by atoms with Crippen molar-refractivity contribution in [3.05, 3.63) is 46.8 Å². The van der Waals surface area contributed by atoms with Crippen LogP contribution < -0.4 is 0 Å². The zero-order valence-corrected chi connectivity index (χ0v) is 11.6. The average molecular weight is 248 g/mol. The molecule has 0 spiro atoms. The quantitative estimate of drug-likeness (QED) is 0.671. The standard InChI is InChI=1S/C14H20O2Si/c1-3-15-17(16-4-2,13-9-5-6-10-13)14-11-7-8-12-14/h5-9,11H,3-4,10,12H2,1-2H3. The molecular formula is C14H20O2Si. The van der Waals surface area contributed by atoms with Crippen molar-refractivity contribution in [2.24, 2.45) is 0 Å². The zero-order valence-electron chi connectivity index (χ0n) is 10.6. The first-order valence-electron chi connectivity index (χ1n) is 6.33. The lowest BCUT2D eigenvalue weighted by Crippen LogP contribution is -2.47. The summed E-state index contributed by atoms with van der Waals surface area (Å²) in [7, 11) is -2.33. The van der Waals surface area contributed by atoms with Crippen molar-refractivity contribution in [2.45, 2.75) is 26.7 Å². The van der Waals surface area contributed by atoms with Crippen LogP contribution in [0.4, 0.5) is 0 Å². The predicted molar refractivity (Wildman–Crippen MR) is 72.7 cm³/mol. The lowest BCUT2D eigenvalue weighted by atomic mass is 10.5. The Morgan fingerprint density at radius 1 is 0.941 bits per heavy atom. The van der Waals surface area contributed by atoms with Crippen LogP contribution in [0.5, 0.6) is 0 Å². The van der Waals surface area contributed by atoms with E-state index in [-0.39, 0.29) is 0 Å². The van der Waals surface area contributed by atoms with E-state index in [0.717, 1.165) is 12.8 Å². The Balaban J connectivity index is 2.31. The van der Waals surface area contributed by atoms with Crippen LogP contribution in [-0.4, -0.2) is 21.8 Å². The van der Waals surface area contributed by atoms with Crippen LogP contribution in [0, 0.1) is 0 Å². The molecule has 0 saturated carbocycles. The molecule has 0 bridgehead atoms. The van der Waals surface area contributed by atoms with Gasteiger partial charge in [0, 0.05) is 13.2 Å². The fraction of sp³-hybridized carbons (Fsp3) is 0.429. The molecule has 0 fully saturated rings. The molecule has 0 aromatic heterocycles. The Kier molecular flexibility index (Phi) is 4.15. The van der Waals surface area contributed by atoms with Crippen molar-refractivity contribution >= 4 is 8.56 Å². The van der Waals surface area contributed by atoms with Crippen molar-refractivity contribution in [1.82, 2.24) is 0 Å². The molecule has 0 N–H and O–H groups in total. The van der Waals surface area contributed by atoms with Gasteiger partial charge in [0.05, 0.1) is 0 Å². The third-order valence-corrected chi connectivity index (χ3v) is 6.91. The first-order valence-corrected chi connectivity index (χ1v) is 8.15. The summed E-state index contributed by atoms with van der Waals surface area (Å²) in [5.74, 6) is 0. The summed E-state index contributed by atoms with van der Waals surface area (Å²) in [5.41, 5.74) is 0. The van der Waals surface area contributed by atoms with Gasteiger partial charge in [0.2, 0.25) is 0 Å². The van der Waals surface area contributed by atoms with E-state index in [0.29, 0.717) is 13.2 Å². The minimum Gasteiger partial charge on any atom is -0.388 e. The van der Waals surface area contributed by atoms with E-state index < -0.39 is 8.56 Å². The Labute approximate surface area is 105 Å². The molecule has 0 aromatic carbocycles. The molecule has 0 radical (unpaired) electrons. The fourth-order valence-corrected chi connectivity index (χ4v) is 5.86. The summed E-state index contributed by atoms with van der Waals surface area (Å²) < 4.78 is 12.3. The monoisotopic (exact) mass is 248 g/mol. The molecule has 0 heterocycles. The first kappa shape index (κ1) is 12.6. The second-order valence-corrected chi connectivity index (χ2v) is 7.23. The zero-order chi connectivity index (χ0) is 12.1. The molecular weight excluding hydrogens is 228 g/mol. The maximum atomic E-state index is 6.14. The number of allylic oxidation sites excluding steroid dienone is 8. The van der Waals surface area contributed by atoms with Gasteiger partial charge in [-0.3, -0.25) is 0 Å². The summed E-state index contributed by atoms with van der Waals surface area (Å²) in [6, 6.07) is 0. The molecule has 0 aliphatic heterocycles. The Hall–Kier alpha value is -0.903. The van der Waals surface area contributed by atoms with Gasteiger partial charge in [-0.1, -0.05) is 36.5 Å². The molecule has 2 rings (SSSR count). The second-order valence-electron chi connectivity index (χ2n) is 4.13. The fourth-order valence-electron chi connectivity index (χ4n) is 2.41. The molecule has 0 amide bonds. The highest BCUT2D eigenvalue weighted by Gasteiger charge is 2.45. The van der Waals surface area contributed by atoms with Crippen molar-refractivity contribution in [1.29, 1.82) is 0 Å². The highest BCUT2D eigenvalue weighted by Crippen LogP contribution is 2.35. The molecule has 0 aromatic rings. The van der Waals surface area contributed by atoms with Crippen LogP contribution in [0.25, 0.3) is 0 Å². The van der Waals surface area contributed by atoms with E-state index in [1.165, 1.54) is 10.4 Å². The van der Waals surface area contributed by atoms with Crippen LogP contribution >= 0.6 is 0 Å². The lowest BCUT2D eigenvalue weighted by Gasteiger charge is -2.32.